The molecular formula is C11H33NSi4. The number of hydrogen-bond donors (Lipinski definition) is 1. The van der Waals surface area contributed by atoms with E-state index in [2.05, 4.69) is 70.8 Å². The molecule has 0 saturated carbocycles. The van der Waals surface area contributed by atoms with Gasteiger partial charge in [0.15, 0.2) is 0 Å². The van der Waals surface area contributed by atoms with Crippen LogP contribution in [0.1, 0.15) is 6.92 Å². The van der Waals surface area contributed by atoms with Crippen LogP contribution in [0.25, 0.3) is 0 Å². The van der Waals surface area contributed by atoms with Gasteiger partial charge in [-0.15, -0.1) is 0 Å². The molecular weight excluding hydrogens is 258 g/mol. The van der Waals surface area contributed by atoms with E-state index in [-0.39, 0.29) is 0 Å². The average molecular weight is 292 g/mol. The predicted molar refractivity (Wildman–Crippen MR) is 89.5 cm³/mol. The van der Waals surface area contributed by atoms with Gasteiger partial charge in [-0.05, 0) is 6.54 Å². The van der Waals surface area contributed by atoms with Crippen LogP contribution in [0.5, 0.6) is 0 Å². The molecule has 0 amide bonds. The van der Waals surface area contributed by atoms with Crippen LogP contribution >= 0.6 is 0 Å². The van der Waals surface area contributed by atoms with Crippen molar-refractivity contribution < 1.29 is 0 Å². The summed E-state index contributed by atoms with van der Waals surface area (Å²) < 4.78 is 0. The molecule has 0 aromatic carbocycles. The highest BCUT2D eigenvalue weighted by Gasteiger charge is 2.61. The minimum atomic E-state index is -1.23. The Morgan fingerprint density at radius 1 is 0.625 bits per heavy atom. The summed E-state index contributed by atoms with van der Waals surface area (Å²) in [5.74, 6) is 0. The minimum Gasteiger partial charge on any atom is -0.343 e. The zero-order valence-electron chi connectivity index (χ0n) is 13.2. The zero-order chi connectivity index (χ0) is 13.4. The molecule has 0 aromatic heterocycles. The second kappa shape index (κ2) is 4.83. The molecule has 0 heterocycles. The van der Waals surface area contributed by atoms with Gasteiger partial charge in [-0.3, -0.25) is 0 Å². The summed E-state index contributed by atoms with van der Waals surface area (Å²) in [6.07, 6.45) is 0. The van der Waals surface area contributed by atoms with Crippen LogP contribution in [0.15, 0.2) is 0 Å². The number of rotatable bonds is 5. The van der Waals surface area contributed by atoms with Crippen LogP contribution in [0, 0.1) is 0 Å². The van der Waals surface area contributed by atoms with E-state index in [1.54, 1.807) is 0 Å². The molecule has 0 bridgehead atoms. The summed E-state index contributed by atoms with van der Waals surface area (Å²) in [6.45, 7) is 25.9. The van der Waals surface area contributed by atoms with E-state index in [0.29, 0.717) is 0 Å². The summed E-state index contributed by atoms with van der Waals surface area (Å²) in [6, 6.07) is 0. The highest BCUT2D eigenvalue weighted by molar-refractivity contribution is 7.88. The third-order valence-electron chi connectivity index (χ3n) is 3.82. The largest absolute Gasteiger partial charge is 0.343 e. The van der Waals surface area contributed by atoms with Gasteiger partial charge < -0.3 is 4.98 Å². The topological polar surface area (TPSA) is 12.0 Å². The molecule has 16 heavy (non-hydrogen) atoms. The Balaban J connectivity index is 5.82. The summed E-state index contributed by atoms with van der Waals surface area (Å²) in [7, 11) is -3.23. The fourth-order valence-electron chi connectivity index (χ4n) is 4.44. The molecule has 0 spiro atoms. The van der Waals surface area contributed by atoms with Gasteiger partial charge in [0.05, 0.1) is 29.6 Å². The van der Waals surface area contributed by atoms with Crippen molar-refractivity contribution in [1.29, 1.82) is 0 Å². The Morgan fingerprint density at radius 2 is 0.875 bits per heavy atom. The minimum absolute atomic E-state index is 1.08. The monoisotopic (exact) mass is 291 g/mol. The first-order chi connectivity index (χ1) is 6.81. The van der Waals surface area contributed by atoms with Gasteiger partial charge in [-0.2, -0.15) is 0 Å². The number of hydrogen-bond acceptors (Lipinski definition) is 1. The SMILES string of the molecule is CCN[Si]([Si](C)(C)C)([Si](C)(C)C)[Si](C)(C)C. The van der Waals surface area contributed by atoms with Crippen molar-refractivity contribution in [3.8, 4) is 0 Å². The van der Waals surface area contributed by atoms with Crippen molar-refractivity contribution in [3.63, 3.8) is 0 Å². The Labute approximate surface area is 107 Å². The van der Waals surface area contributed by atoms with E-state index in [1.165, 1.54) is 6.54 Å². The summed E-state index contributed by atoms with van der Waals surface area (Å²) in [5.41, 5.74) is 0. The van der Waals surface area contributed by atoms with Crippen LogP contribution in [-0.2, 0) is 0 Å². The molecule has 5 heteroatoms. The predicted octanol–water partition coefficient (Wildman–Crippen LogP) is 3.79. The van der Waals surface area contributed by atoms with E-state index in [4.69, 9.17) is 0 Å². The highest BCUT2D eigenvalue weighted by atomic mass is 29.9. The fraction of sp³-hybridized carbons (Fsp3) is 1.00. The van der Waals surface area contributed by atoms with Crippen LogP contribution in [0.4, 0.5) is 0 Å². The quantitative estimate of drug-likeness (QED) is 0.760. The molecule has 0 unspecified atom stereocenters. The van der Waals surface area contributed by atoms with Gasteiger partial charge in [0.2, 0.25) is 0 Å². The molecule has 0 fully saturated rings. The van der Waals surface area contributed by atoms with Crippen molar-refractivity contribution in [3.05, 3.63) is 0 Å². The molecule has 98 valence electrons. The van der Waals surface area contributed by atoms with Gasteiger partial charge in [0.25, 0.3) is 0 Å². The van der Waals surface area contributed by atoms with Crippen molar-refractivity contribution >= 4 is 29.6 Å². The Bertz CT molecular complexity index is 196. The van der Waals surface area contributed by atoms with E-state index < -0.39 is 29.6 Å². The lowest BCUT2D eigenvalue weighted by Crippen LogP contribution is -2.89. The van der Waals surface area contributed by atoms with Crippen LogP contribution in [-0.4, -0.2) is 36.1 Å². The first kappa shape index (κ1) is 16.8. The smallest absolute Gasteiger partial charge is 0.0973 e. The molecule has 0 radical (unpaired) electrons. The molecule has 0 aliphatic rings. The van der Waals surface area contributed by atoms with Gasteiger partial charge in [0, 0.05) is 0 Å². The van der Waals surface area contributed by atoms with Crippen LogP contribution in [0.2, 0.25) is 58.9 Å². The average Bonchev–Trinajstić information content (AvgIpc) is 1.91. The van der Waals surface area contributed by atoms with Crippen LogP contribution in [0.3, 0.4) is 0 Å². The third kappa shape index (κ3) is 2.80. The lowest BCUT2D eigenvalue weighted by molar-refractivity contribution is 0.995. The first-order valence-electron chi connectivity index (χ1n) is 6.56. The van der Waals surface area contributed by atoms with E-state index in [1.807, 2.05) is 0 Å². The first-order valence-corrected chi connectivity index (χ1v) is 22.1. The molecule has 0 atom stereocenters. The maximum Gasteiger partial charge on any atom is 0.0973 e. The highest BCUT2D eigenvalue weighted by Crippen LogP contribution is 2.34. The van der Waals surface area contributed by atoms with E-state index >= 15 is 0 Å². The second-order valence-electron chi connectivity index (χ2n) is 8.03. The molecule has 1 nitrogen and oxygen atoms in total. The second-order valence-corrected chi connectivity index (χ2v) is 48.1. The normalized spacial score (nSPS) is 15.4. The summed E-state index contributed by atoms with van der Waals surface area (Å²) >= 11 is 0. The maximum atomic E-state index is 4.14. The molecule has 0 aromatic rings. The van der Waals surface area contributed by atoms with Crippen molar-refractivity contribution in [2.75, 3.05) is 6.54 Å². The van der Waals surface area contributed by atoms with Gasteiger partial charge in [-0.25, -0.2) is 0 Å². The van der Waals surface area contributed by atoms with Gasteiger partial charge >= 0.3 is 0 Å². The molecule has 0 saturated heterocycles. The summed E-state index contributed by atoms with van der Waals surface area (Å²) in [5, 5.41) is 0. The summed E-state index contributed by atoms with van der Waals surface area (Å²) in [4.78, 5) is 4.14. The van der Waals surface area contributed by atoms with Crippen molar-refractivity contribution in [2.24, 2.45) is 0 Å². The lowest BCUT2D eigenvalue weighted by Gasteiger charge is -2.57. The van der Waals surface area contributed by atoms with Gasteiger partial charge in [-0.1, -0.05) is 65.8 Å². The Hall–Kier alpha value is 0.828. The maximum absolute atomic E-state index is 4.14. The molecule has 0 rings (SSSR count). The van der Waals surface area contributed by atoms with Crippen LogP contribution < -0.4 is 4.98 Å². The standard InChI is InChI=1S/C11H33NSi4/c1-11-12-16(13(2,3)4,14(5,6)7)15(8,9)10/h12H,11H2,1-10H3. The third-order valence-corrected chi connectivity index (χ3v) is 73.8. The van der Waals surface area contributed by atoms with E-state index in [0.717, 1.165) is 0 Å². The number of nitrogens with one attached hydrogen (secondary N) is 1. The fourth-order valence-corrected chi connectivity index (χ4v) is 101. The van der Waals surface area contributed by atoms with Gasteiger partial charge in [0.1, 0.15) is 0 Å². The van der Waals surface area contributed by atoms with Crippen molar-refractivity contribution in [1.82, 2.24) is 4.98 Å². The lowest BCUT2D eigenvalue weighted by atomic mass is 10.8. The molecule has 1 N–H and O–H groups in total. The van der Waals surface area contributed by atoms with Crippen molar-refractivity contribution in [2.45, 2.75) is 65.8 Å². The Kier molecular flexibility index (Phi) is 5.08. The Morgan fingerprint density at radius 3 is 0.938 bits per heavy atom. The zero-order valence-corrected chi connectivity index (χ0v) is 17.2. The van der Waals surface area contributed by atoms with E-state index in [9.17, 15) is 0 Å². The molecule has 0 aliphatic carbocycles. The molecule has 0 aliphatic heterocycles.